The third-order valence-electron chi connectivity index (χ3n) is 6.36. The van der Waals surface area contributed by atoms with Gasteiger partial charge in [0.25, 0.3) is 0 Å². The van der Waals surface area contributed by atoms with Gasteiger partial charge in [-0.25, -0.2) is 19.3 Å². The minimum atomic E-state index is -0.642. The highest BCUT2D eigenvalue weighted by Gasteiger charge is 2.24. The van der Waals surface area contributed by atoms with E-state index in [9.17, 15) is 9.18 Å². The summed E-state index contributed by atoms with van der Waals surface area (Å²) in [7, 11) is 0. The Morgan fingerprint density at radius 3 is 2.56 bits per heavy atom. The van der Waals surface area contributed by atoms with Crippen molar-refractivity contribution in [3.8, 4) is 0 Å². The molecular formula is C26H31FN6O. The van der Waals surface area contributed by atoms with Crippen molar-refractivity contribution in [2.75, 3.05) is 11.9 Å². The Morgan fingerprint density at radius 2 is 1.85 bits per heavy atom. The Hall–Kier alpha value is -3.39. The quantitative estimate of drug-likeness (QED) is 0.467. The summed E-state index contributed by atoms with van der Waals surface area (Å²) in [6, 6.07) is 11.3. The van der Waals surface area contributed by atoms with E-state index in [0.29, 0.717) is 30.7 Å². The van der Waals surface area contributed by atoms with E-state index in [1.807, 2.05) is 31.3 Å². The molecule has 34 heavy (non-hydrogen) atoms. The van der Waals surface area contributed by atoms with Crippen molar-refractivity contribution in [3.63, 3.8) is 0 Å². The van der Waals surface area contributed by atoms with Gasteiger partial charge in [-0.05, 0) is 80.3 Å². The number of hydrogen-bond donors (Lipinski definition) is 3. The van der Waals surface area contributed by atoms with Crippen molar-refractivity contribution in [3.05, 3.63) is 77.5 Å². The van der Waals surface area contributed by atoms with Gasteiger partial charge in [0.1, 0.15) is 11.6 Å². The van der Waals surface area contributed by atoms with Gasteiger partial charge in [0.05, 0.1) is 6.04 Å². The lowest BCUT2D eigenvalue weighted by atomic mass is 9.80. The van der Waals surface area contributed by atoms with E-state index in [4.69, 9.17) is 10.7 Å². The second-order valence-electron chi connectivity index (χ2n) is 9.05. The van der Waals surface area contributed by atoms with E-state index in [1.165, 1.54) is 12.1 Å². The Morgan fingerprint density at radius 1 is 1.09 bits per heavy atom. The second kappa shape index (κ2) is 11.2. The molecule has 1 atom stereocenters. The molecule has 178 valence electrons. The molecule has 3 aromatic rings. The summed E-state index contributed by atoms with van der Waals surface area (Å²) in [4.78, 5) is 25.8. The zero-order chi connectivity index (χ0) is 23.9. The Balaban J connectivity index is 1.23. The first-order chi connectivity index (χ1) is 16.5. The molecule has 0 unspecified atom stereocenters. The molecule has 1 aliphatic carbocycles. The van der Waals surface area contributed by atoms with Crippen LogP contribution in [0.2, 0.25) is 0 Å². The summed E-state index contributed by atoms with van der Waals surface area (Å²) in [5, 5.41) is 6.17. The normalized spacial score (nSPS) is 18.8. The number of amides is 1. The highest BCUT2D eigenvalue weighted by Crippen LogP contribution is 2.35. The first-order valence-electron chi connectivity index (χ1n) is 11.8. The number of carbonyl (C=O) groups is 1. The molecule has 1 saturated carbocycles. The number of carbonyl (C=O) groups excluding carboxylic acids is 1. The lowest BCUT2D eigenvalue weighted by Crippen LogP contribution is -2.44. The van der Waals surface area contributed by atoms with Crippen LogP contribution in [-0.4, -0.2) is 33.4 Å². The molecule has 1 fully saturated rings. The molecule has 8 heteroatoms. The van der Waals surface area contributed by atoms with Crippen LogP contribution in [0.25, 0.3) is 0 Å². The molecule has 0 radical (unpaired) electrons. The van der Waals surface area contributed by atoms with Crippen molar-refractivity contribution in [2.45, 2.75) is 51.0 Å². The van der Waals surface area contributed by atoms with E-state index in [-0.39, 0.29) is 11.7 Å². The first-order valence-corrected chi connectivity index (χ1v) is 11.8. The lowest BCUT2D eigenvalue weighted by Gasteiger charge is -2.28. The van der Waals surface area contributed by atoms with Crippen molar-refractivity contribution in [2.24, 2.45) is 11.7 Å². The molecule has 1 aliphatic rings. The molecule has 0 aliphatic heterocycles. The summed E-state index contributed by atoms with van der Waals surface area (Å²) < 4.78 is 13.0. The molecule has 1 aromatic carbocycles. The zero-order valence-corrected chi connectivity index (χ0v) is 19.4. The van der Waals surface area contributed by atoms with Crippen LogP contribution in [0, 0.1) is 18.7 Å². The van der Waals surface area contributed by atoms with Crippen molar-refractivity contribution < 1.29 is 9.18 Å². The van der Waals surface area contributed by atoms with Crippen LogP contribution in [0.5, 0.6) is 0 Å². The Bertz CT molecular complexity index is 1080. The maximum atomic E-state index is 13.0. The number of halogens is 1. The first kappa shape index (κ1) is 23.8. The van der Waals surface area contributed by atoms with Crippen LogP contribution < -0.4 is 16.4 Å². The maximum Gasteiger partial charge on any atom is 0.237 e. The van der Waals surface area contributed by atoms with Crippen LogP contribution in [-0.2, 0) is 11.2 Å². The molecule has 0 bridgehead atoms. The average molecular weight is 463 g/mol. The van der Waals surface area contributed by atoms with Crippen LogP contribution in [0.3, 0.4) is 0 Å². The fourth-order valence-corrected chi connectivity index (χ4v) is 4.32. The number of nitrogens with zero attached hydrogens (tertiary/aromatic N) is 3. The topological polar surface area (TPSA) is 106 Å². The fourth-order valence-electron chi connectivity index (χ4n) is 4.32. The summed E-state index contributed by atoms with van der Waals surface area (Å²) in [6.07, 6.45) is 8.05. The van der Waals surface area contributed by atoms with Crippen molar-refractivity contribution >= 4 is 17.7 Å². The molecule has 4 N–H and O–H groups in total. The summed E-state index contributed by atoms with van der Waals surface area (Å²) in [6.45, 7) is 2.62. The van der Waals surface area contributed by atoms with Crippen LogP contribution in [0.1, 0.15) is 48.4 Å². The number of aryl methyl sites for hydroxylation is 1. The van der Waals surface area contributed by atoms with Gasteiger partial charge in [0.15, 0.2) is 0 Å². The molecular weight excluding hydrogens is 431 g/mol. The fraction of sp³-hybridized carbons (Fsp3) is 0.385. The van der Waals surface area contributed by atoms with Gasteiger partial charge in [-0.3, -0.25) is 4.79 Å². The van der Waals surface area contributed by atoms with Crippen molar-refractivity contribution in [1.29, 1.82) is 0 Å². The molecule has 0 spiro atoms. The second-order valence-corrected chi connectivity index (χ2v) is 9.05. The van der Waals surface area contributed by atoms with Gasteiger partial charge in [-0.15, -0.1) is 0 Å². The molecule has 1 amide bonds. The number of anilines is 2. The number of rotatable bonds is 8. The van der Waals surface area contributed by atoms with Gasteiger partial charge in [0.2, 0.25) is 11.9 Å². The zero-order valence-electron chi connectivity index (χ0n) is 19.4. The number of nitrogens with one attached hydrogen (secondary N) is 2. The SMILES string of the molecule is Cc1ccc(Nc2nccc(C3CCC(CNC(=O)[C@@H](N)Cc4ccc(F)cc4)CC3)n2)nc1. The van der Waals surface area contributed by atoms with Crippen LogP contribution in [0.15, 0.2) is 54.9 Å². The summed E-state index contributed by atoms with van der Waals surface area (Å²) in [5.74, 6) is 1.62. The van der Waals surface area contributed by atoms with Gasteiger partial charge >= 0.3 is 0 Å². The lowest BCUT2D eigenvalue weighted by molar-refractivity contribution is -0.122. The number of hydrogen-bond acceptors (Lipinski definition) is 6. The third-order valence-corrected chi connectivity index (χ3v) is 6.36. The molecule has 7 nitrogen and oxygen atoms in total. The summed E-state index contributed by atoms with van der Waals surface area (Å²) >= 11 is 0. The number of benzene rings is 1. The highest BCUT2D eigenvalue weighted by atomic mass is 19.1. The van der Waals surface area contributed by atoms with E-state index in [1.54, 1.807) is 18.3 Å². The Kier molecular flexibility index (Phi) is 7.80. The van der Waals surface area contributed by atoms with E-state index in [0.717, 1.165) is 48.3 Å². The van der Waals surface area contributed by atoms with E-state index in [2.05, 4.69) is 20.6 Å². The predicted molar refractivity (Wildman–Crippen MR) is 130 cm³/mol. The largest absolute Gasteiger partial charge is 0.354 e. The molecule has 4 rings (SSSR count). The van der Waals surface area contributed by atoms with E-state index < -0.39 is 6.04 Å². The molecule has 0 saturated heterocycles. The van der Waals surface area contributed by atoms with Crippen molar-refractivity contribution in [1.82, 2.24) is 20.3 Å². The van der Waals surface area contributed by atoms with Crippen LogP contribution >= 0.6 is 0 Å². The predicted octanol–water partition coefficient (Wildman–Crippen LogP) is 4.02. The minimum Gasteiger partial charge on any atom is -0.354 e. The smallest absolute Gasteiger partial charge is 0.237 e. The van der Waals surface area contributed by atoms with Gasteiger partial charge in [-0.2, -0.15) is 0 Å². The standard InChI is InChI=1S/C26H31FN6O/c1-17-2-11-24(30-15-17)33-26-29-13-12-23(32-26)20-7-3-19(4-8-20)16-31-25(34)22(28)14-18-5-9-21(27)10-6-18/h2,5-6,9-13,15,19-20,22H,3-4,7-8,14,16,28H2,1H3,(H,31,34)(H,29,30,32,33)/t19?,20?,22-/m0/s1. The number of nitrogens with two attached hydrogens (primary N) is 1. The maximum absolute atomic E-state index is 13.0. The molecule has 2 aromatic heterocycles. The molecule has 2 heterocycles. The van der Waals surface area contributed by atoms with Gasteiger partial charge in [-0.1, -0.05) is 18.2 Å². The monoisotopic (exact) mass is 462 g/mol. The van der Waals surface area contributed by atoms with E-state index >= 15 is 0 Å². The Labute approximate surface area is 199 Å². The third kappa shape index (κ3) is 6.57. The van der Waals surface area contributed by atoms with Gasteiger partial charge < -0.3 is 16.4 Å². The van der Waals surface area contributed by atoms with Gasteiger partial charge in [0, 0.05) is 30.6 Å². The average Bonchev–Trinajstić information content (AvgIpc) is 2.86. The highest BCUT2D eigenvalue weighted by molar-refractivity contribution is 5.81. The minimum absolute atomic E-state index is 0.164. The summed E-state index contributed by atoms with van der Waals surface area (Å²) in [5.41, 5.74) is 9.03. The number of pyridine rings is 1. The van der Waals surface area contributed by atoms with Crippen LogP contribution in [0.4, 0.5) is 16.2 Å². The number of aromatic nitrogens is 3.